The molecule has 1 aromatic carbocycles. The van der Waals surface area contributed by atoms with Crippen LogP contribution in [0.3, 0.4) is 0 Å². The lowest BCUT2D eigenvalue weighted by atomic mass is 10.3. The van der Waals surface area contributed by atoms with Gasteiger partial charge in [0.05, 0.1) is 13.7 Å². The van der Waals surface area contributed by atoms with Crippen LogP contribution in [-0.4, -0.2) is 27.3 Å². The third-order valence-corrected chi connectivity index (χ3v) is 1.94. The molecule has 1 heterocycles. The number of nitrogens with two attached hydrogens (primary N) is 1. The van der Waals surface area contributed by atoms with Gasteiger partial charge in [-0.05, 0) is 17.3 Å². The molecule has 2 rings (SSSR count). The number of benzene rings is 1. The summed E-state index contributed by atoms with van der Waals surface area (Å²) in [6.07, 6.45) is 0. The van der Waals surface area contributed by atoms with Crippen LogP contribution < -0.4 is 10.5 Å². The number of ether oxygens (including phenoxy) is 1. The van der Waals surface area contributed by atoms with Gasteiger partial charge >= 0.3 is 0 Å². The zero-order chi connectivity index (χ0) is 10.7. The number of hydrogen-bond acceptors (Lipinski definition) is 5. The second-order valence-corrected chi connectivity index (χ2v) is 2.87. The van der Waals surface area contributed by atoms with Gasteiger partial charge in [0.15, 0.2) is 5.82 Å². The van der Waals surface area contributed by atoms with Gasteiger partial charge in [0.25, 0.3) is 0 Å². The molecule has 0 saturated carbocycles. The minimum Gasteiger partial charge on any atom is -0.494 e. The molecule has 2 N–H and O–H groups in total. The van der Waals surface area contributed by atoms with E-state index in [2.05, 4.69) is 15.4 Å². The summed E-state index contributed by atoms with van der Waals surface area (Å²) in [5.74, 6) is 1.19. The Morgan fingerprint density at radius 2 is 2.20 bits per heavy atom. The van der Waals surface area contributed by atoms with Crippen molar-refractivity contribution in [2.45, 2.75) is 6.54 Å². The molecular weight excluding hydrogens is 194 g/mol. The molecule has 0 unspecified atom stereocenters. The summed E-state index contributed by atoms with van der Waals surface area (Å²) >= 11 is 0. The Balaban J connectivity index is 2.44. The summed E-state index contributed by atoms with van der Waals surface area (Å²) in [6.45, 7) is 0.273. The van der Waals surface area contributed by atoms with Crippen LogP contribution >= 0.6 is 0 Å². The largest absolute Gasteiger partial charge is 0.494 e. The van der Waals surface area contributed by atoms with Crippen LogP contribution in [0.25, 0.3) is 5.69 Å². The minimum atomic E-state index is 0.273. The van der Waals surface area contributed by atoms with Gasteiger partial charge in [-0.25, -0.2) is 0 Å². The lowest BCUT2D eigenvalue weighted by Crippen LogP contribution is -2.03. The molecule has 0 aliphatic carbocycles. The molecule has 0 aliphatic heterocycles. The standard InChI is InChI=1S/C9H11N5O/c1-15-8-5-3-2-4-7(8)14-12-9(6-10)11-13-14/h2-5H,6,10H2,1H3. The zero-order valence-corrected chi connectivity index (χ0v) is 8.29. The quantitative estimate of drug-likeness (QED) is 0.770. The first-order valence-corrected chi connectivity index (χ1v) is 4.47. The molecule has 0 amide bonds. The Morgan fingerprint density at radius 1 is 1.40 bits per heavy atom. The van der Waals surface area contributed by atoms with Crippen LogP contribution in [0, 0.1) is 0 Å². The molecule has 2 aromatic rings. The van der Waals surface area contributed by atoms with Gasteiger partial charge in [-0.15, -0.1) is 15.0 Å². The molecule has 6 nitrogen and oxygen atoms in total. The second kappa shape index (κ2) is 4.05. The van der Waals surface area contributed by atoms with E-state index in [1.54, 1.807) is 7.11 Å². The van der Waals surface area contributed by atoms with E-state index in [9.17, 15) is 0 Å². The van der Waals surface area contributed by atoms with Gasteiger partial charge in [0, 0.05) is 0 Å². The van der Waals surface area contributed by atoms with E-state index in [0.717, 1.165) is 5.69 Å². The maximum absolute atomic E-state index is 5.40. The number of hydrogen-bond donors (Lipinski definition) is 1. The topological polar surface area (TPSA) is 78.8 Å². The SMILES string of the molecule is COc1ccccc1-n1nnc(CN)n1. The zero-order valence-electron chi connectivity index (χ0n) is 8.29. The molecule has 78 valence electrons. The van der Waals surface area contributed by atoms with Crippen LogP contribution in [0.2, 0.25) is 0 Å². The fourth-order valence-electron chi connectivity index (χ4n) is 1.22. The van der Waals surface area contributed by atoms with Crippen LogP contribution in [0.1, 0.15) is 5.82 Å². The summed E-state index contributed by atoms with van der Waals surface area (Å²) in [7, 11) is 1.60. The van der Waals surface area contributed by atoms with E-state index < -0.39 is 0 Å². The van der Waals surface area contributed by atoms with Crippen LogP contribution in [0.4, 0.5) is 0 Å². The molecule has 0 radical (unpaired) electrons. The van der Waals surface area contributed by atoms with Gasteiger partial charge in [-0.2, -0.15) is 0 Å². The predicted octanol–water partition coefficient (Wildman–Crippen LogP) is 0.130. The molecule has 1 aromatic heterocycles. The Kier molecular flexibility index (Phi) is 2.59. The van der Waals surface area contributed by atoms with Crippen molar-refractivity contribution >= 4 is 0 Å². The van der Waals surface area contributed by atoms with E-state index in [1.807, 2.05) is 24.3 Å². The van der Waals surface area contributed by atoms with E-state index in [-0.39, 0.29) is 6.54 Å². The summed E-state index contributed by atoms with van der Waals surface area (Å²) in [5, 5.41) is 11.8. The lowest BCUT2D eigenvalue weighted by molar-refractivity contribution is 0.409. The smallest absolute Gasteiger partial charge is 0.188 e. The first-order valence-electron chi connectivity index (χ1n) is 4.47. The fourth-order valence-corrected chi connectivity index (χ4v) is 1.22. The van der Waals surface area contributed by atoms with Crippen molar-refractivity contribution in [2.75, 3.05) is 7.11 Å². The molecule has 0 atom stereocenters. The van der Waals surface area contributed by atoms with Crippen molar-refractivity contribution in [3.05, 3.63) is 30.1 Å². The van der Waals surface area contributed by atoms with E-state index in [4.69, 9.17) is 10.5 Å². The van der Waals surface area contributed by atoms with Gasteiger partial charge in [-0.1, -0.05) is 12.1 Å². The van der Waals surface area contributed by atoms with Crippen molar-refractivity contribution in [1.82, 2.24) is 20.2 Å². The third-order valence-electron chi connectivity index (χ3n) is 1.94. The summed E-state index contributed by atoms with van der Waals surface area (Å²) < 4.78 is 5.18. The highest BCUT2D eigenvalue weighted by Gasteiger charge is 2.07. The van der Waals surface area contributed by atoms with Crippen molar-refractivity contribution in [1.29, 1.82) is 0 Å². The Morgan fingerprint density at radius 3 is 2.87 bits per heavy atom. The highest BCUT2D eigenvalue weighted by molar-refractivity contribution is 5.44. The number of methoxy groups -OCH3 is 1. The highest BCUT2D eigenvalue weighted by Crippen LogP contribution is 2.19. The van der Waals surface area contributed by atoms with Crippen molar-refractivity contribution in [3.8, 4) is 11.4 Å². The van der Waals surface area contributed by atoms with Crippen LogP contribution in [0.5, 0.6) is 5.75 Å². The maximum Gasteiger partial charge on any atom is 0.188 e. The summed E-state index contributed by atoms with van der Waals surface area (Å²) in [4.78, 5) is 1.40. The first-order chi connectivity index (χ1) is 7.35. The maximum atomic E-state index is 5.40. The molecule has 0 saturated heterocycles. The van der Waals surface area contributed by atoms with Crippen LogP contribution in [0.15, 0.2) is 24.3 Å². The molecule has 0 aliphatic rings. The van der Waals surface area contributed by atoms with E-state index in [1.165, 1.54) is 4.80 Å². The Labute approximate surface area is 86.7 Å². The van der Waals surface area contributed by atoms with Crippen LogP contribution in [-0.2, 0) is 6.54 Å². The van der Waals surface area contributed by atoms with Gasteiger partial charge < -0.3 is 10.5 Å². The highest BCUT2D eigenvalue weighted by atomic mass is 16.5. The van der Waals surface area contributed by atoms with Crippen molar-refractivity contribution in [3.63, 3.8) is 0 Å². The second-order valence-electron chi connectivity index (χ2n) is 2.87. The third kappa shape index (κ3) is 1.79. The van der Waals surface area contributed by atoms with Gasteiger partial charge in [0.1, 0.15) is 11.4 Å². The molecule has 0 spiro atoms. The molecule has 0 bridgehead atoms. The normalized spacial score (nSPS) is 10.3. The van der Waals surface area contributed by atoms with E-state index in [0.29, 0.717) is 11.6 Å². The number of aromatic nitrogens is 4. The van der Waals surface area contributed by atoms with E-state index >= 15 is 0 Å². The average molecular weight is 205 g/mol. The average Bonchev–Trinajstić information content (AvgIpc) is 2.77. The Hall–Kier alpha value is -1.95. The number of rotatable bonds is 3. The molecule has 15 heavy (non-hydrogen) atoms. The van der Waals surface area contributed by atoms with Crippen molar-refractivity contribution in [2.24, 2.45) is 5.73 Å². The Bertz CT molecular complexity index is 453. The number of nitrogens with zero attached hydrogens (tertiary/aromatic N) is 4. The molecule has 6 heteroatoms. The minimum absolute atomic E-state index is 0.273. The lowest BCUT2D eigenvalue weighted by Gasteiger charge is -2.04. The molecule has 0 fully saturated rings. The number of tetrazole rings is 1. The van der Waals surface area contributed by atoms with Crippen molar-refractivity contribution < 1.29 is 4.74 Å². The monoisotopic (exact) mass is 205 g/mol. The predicted molar refractivity (Wildman–Crippen MR) is 53.6 cm³/mol. The molecular formula is C9H11N5O. The van der Waals surface area contributed by atoms with Gasteiger partial charge in [-0.3, -0.25) is 0 Å². The van der Waals surface area contributed by atoms with Gasteiger partial charge in [0.2, 0.25) is 0 Å². The first kappa shape index (κ1) is 9.60. The number of para-hydroxylation sites is 2. The summed E-state index contributed by atoms with van der Waals surface area (Å²) in [5.41, 5.74) is 6.14. The summed E-state index contributed by atoms with van der Waals surface area (Å²) in [6, 6.07) is 7.44. The fraction of sp³-hybridized carbons (Fsp3) is 0.222.